The van der Waals surface area contributed by atoms with Crippen molar-refractivity contribution in [2.24, 2.45) is 5.92 Å². The molecule has 0 saturated heterocycles. The van der Waals surface area contributed by atoms with Gasteiger partial charge in [-0.3, -0.25) is 4.79 Å². The fraction of sp³-hybridized carbons (Fsp3) is 0.333. The summed E-state index contributed by atoms with van der Waals surface area (Å²) in [6, 6.07) is 0. The molecule has 0 heterocycles. The van der Waals surface area contributed by atoms with Gasteiger partial charge in [-0.25, -0.2) is 0 Å². The van der Waals surface area contributed by atoms with Crippen LogP contribution in [0.1, 0.15) is 0 Å². The molecule has 1 aliphatic carbocycles. The van der Waals surface area contributed by atoms with Crippen LogP contribution < -0.4 is 0 Å². The SMILES string of the molecule is COC(=O)C1[CH]C=C1Cl. The molecule has 0 fully saturated rings. The van der Waals surface area contributed by atoms with Gasteiger partial charge in [0.1, 0.15) is 0 Å². The maximum Gasteiger partial charge on any atom is 0.314 e. The van der Waals surface area contributed by atoms with Crippen molar-refractivity contribution in [2.45, 2.75) is 0 Å². The van der Waals surface area contributed by atoms with Crippen molar-refractivity contribution in [1.29, 1.82) is 0 Å². The van der Waals surface area contributed by atoms with E-state index in [-0.39, 0.29) is 11.9 Å². The van der Waals surface area contributed by atoms with Crippen molar-refractivity contribution in [2.75, 3.05) is 7.11 Å². The average Bonchev–Trinajstić information content (AvgIpc) is 1.84. The largest absolute Gasteiger partial charge is 0.469 e. The van der Waals surface area contributed by atoms with E-state index in [2.05, 4.69) is 4.74 Å². The summed E-state index contributed by atoms with van der Waals surface area (Å²) in [5.41, 5.74) is 0. The van der Waals surface area contributed by atoms with Crippen LogP contribution >= 0.6 is 11.6 Å². The average molecular weight is 146 g/mol. The van der Waals surface area contributed by atoms with E-state index in [4.69, 9.17) is 11.6 Å². The Morgan fingerprint density at radius 1 is 1.89 bits per heavy atom. The van der Waals surface area contributed by atoms with Gasteiger partial charge in [-0.15, -0.1) is 0 Å². The molecule has 0 bridgehead atoms. The summed E-state index contributed by atoms with van der Waals surface area (Å²) in [7, 11) is 1.35. The molecule has 0 aromatic heterocycles. The first-order valence-electron chi connectivity index (χ1n) is 2.54. The normalized spacial score (nSPS) is 24.2. The molecule has 1 aliphatic rings. The Balaban J connectivity index is 2.48. The number of rotatable bonds is 1. The second kappa shape index (κ2) is 2.40. The monoisotopic (exact) mass is 145 g/mol. The zero-order chi connectivity index (χ0) is 6.85. The van der Waals surface area contributed by atoms with Crippen LogP contribution in [0.2, 0.25) is 0 Å². The molecule has 0 N–H and O–H groups in total. The van der Waals surface area contributed by atoms with Gasteiger partial charge in [-0.2, -0.15) is 0 Å². The smallest absolute Gasteiger partial charge is 0.314 e. The van der Waals surface area contributed by atoms with Gasteiger partial charge in [0.05, 0.1) is 13.0 Å². The summed E-state index contributed by atoms with van der Waals surface area (Å²) in [6.45, 7) is 0. The summed E-state index contributed by atoms with van der Waals surface area (Å²) < 4.78 is 4.43. The fourth-order valence-corrected chi connectivity index (χ4v) is 0.818. The minimum atomic E-state index is -0.295. The highest BCUT2D eigenvalue weighted by molar-refractivity contribution is 6.32. The quantitative estimate of drug-likeness (QED) is 0.517. The second-order valence-corrected chi connectivity index (χ2v) is 2.18. The summed E-state index contributed by atoms with van der Waals surface area (Å²) >= 11 is 5.52. The van der Waals surface area contributed by atoms with E-state index in [9.17, 15) is 4.79 Å². The van der Waals surface area contributed by atoms with E-state index in [1.165, 1.54) is 7.11 Å². The number of ether oxygens (including phenoxy) is 1. The Bertz CT molecular complexity index is 162. The number of hydrogen-bond acceptors (Lipinski definition) is 2. The van der Waals surface area contributed by atoms with Gasteiger partial charge >= 0.3 is 5.97 Å². The molecule has 0 aliphatic heterocycles. The van der Waals surface area contributed by atoms with Crippen molar-refractivity contribution in [1.82, 2.24) is 0 Å². The maximum absolute atomic E-state index is 10.6. The molecule has 1 rings (SSSR count). The molecular formula is C6H6ClO2. The lowest BCUT2D eigenvalue weighted by Gasteiger charge is -2.18. The zero-order valence-electron chi connectivity index (χ0n) is 4.93. The Morgan fingerprint density at radius 2 is 2.56 bits per heavy atom. The van der Waals surface area contributed by atoms with Gasteiger partial charge in [0, 0.05) is 11.5 Å². The lowest BCUT2D eigenvalue weighted by atomic mass is 9.95. The molecule has 49 valence electrons. The second-order valence-electron chi connectivity index (χ2n) is 1.74. The Morgan fingerprint density at radius 3 is 2.67 bits per heavy atom. The van der Waals surface area contributed by atoms with Crippen LogP contribution in [0.5, 0.6) is 0 Å². The highest BCUT2D eigenvalue weighted by Gasteiger charge is 2.28. The van der Waals surface area contributed by atoms with E-state index in [0.717, 1.165) is 0 Å². The van der Waals surface area contributed by atoms with Crippen molar-refractivity contribution in [3.8, 4) is 0 Å². The maximum atomic E-state index is 10.6. The minimum Gasteiger partial charge on any atom is -0.469 e. The predicted octanol–water partition coefficient (Wildman–Crippen LogP) is 1.12. The molecule has 1 radical (unpaired) electrons. The number of esters is 1. The molecule has 0 saturated carbocycles. The van der Waals surface area contributed by atoms with Crippen molar-refractivity contribution in [3.63, 3.8) is 0 Å². The summed E-state index contributed by atoms with van der Waals surface area (Å²) in [4.78, 5) is 10.6. The first kappa shape index (κ1) is 6.62. The van der Waals surface area contributed by atoms with Crippen LogP contribution in [0.25, 0.3) is 0 Å². The van der Waals surface area contributed by atoms with Crippen LogP contribution in [0.15, 0.2) is 11.1 Å². The van der Waals surface area contributed by atoms with E-state index < -0.39 is 0 Å². The number of carbonyl (C=O) groups excluding carboxylic acids is 1. The lowest BCUT2D eigenvalue weighted by molar-refractivity contribution is -0.143. The van der Waals surface area contributed by atoms with Crippen molar-refractivity contribution >= 4 is 17.6 Å². The highest BCUT2D eigenvalue weighted by atomic mass is 35.5. The molecule has 1 unspecified atom stereocenters. The van der Waals surface area contributed by atoms with Crippen LogP contribution in [0.4, 0.5) is 0 Å². The third kappa shape index (κ3) is 1.08. The Kier molecular flexibility index (Phi) is 1.76. The lowest BCUT2D eigenvalue weighted by Crippen LogP contribution is -2.21. The zero-order valence-corrected chi connectivity index (χ0v) is 5.68. The molecule has 9 heavy (non-hydrogen) atoms. The van der Waals surface area contributed by atoms with Gasteiger partial charge in [0.2, 0.25) is 0 Å². The number of hydrogen-bond donors (Lipinski definition) is 0. The Hall–Kier alpha value is -0.500. The van der Waals surface area contributed by atoms with Crippen LogP contribution in [-0.2, 0) is 9.53 Å². The number of halogens is 1. The molecule has 0 aromatic carbocycles. The van der Waals surface area contributed by atoms with E-state index in [1.807, 2.05) is 0 Å². The minimum absolute atomic E-state index is 0.289. The number of allylic oxidation sites excluding steroid dienone is 1. The summed E-state index contributed by atoms with van der Waals surface area (Å²) in [6.07, 6.45) is 3.39. The number of methoxy groups -OCH3 is 1. The molecule has 3 heteroatoms. The molecular weight excluding hydrogens is 140 g/mol. The topological polar surface area (TPSA) is 26.3 Å². The highest BCUT2D eigenvalue weighted by Crippen LogP contribution is 2.29. The van der Waals surface area contributed by atoms with E-state index in [1.54, 1.807) is 12.5 Å². The van der Waals surface area contributed by atoms with E-state index in [0.29, 0.717) is 5.03 Å². The van der Waals surface area contributed by atoms with Gasteiger partial charge in [0.25, 0.3) is 0 Å². The number of carbonyl (C=O) groups is 1. The first-order valence-corrected chi connectivity index (χ1v) is 2.92. The molecule has 0 spiro atoms. The Labute approximate surface area is 58.4 Å². The summed E-state index contributed by atoms with van der Waals surface area (Å²) in [5.74, 6) is -0.584. The van der Waals surface area contributed by atoms with Gasteiger partial charge in [-0.05, 0) is 0 Å². The van der Waals surface area contributed by atoms with Gasteiger partial charge in [0.15, 0.2) is 0 Å². The van der Waals surface area contributed by atoms with Crippen molar-refractivity contribution in [3.05, 3.63) is 17.5 Å². The van der Waals surface area contributed by atoms with Crippen molar-refractivity contribution < 1.29 is 9.53 Å². The standard InChI is InChI=1S/C6H6ClO2/c1-9-6(8)4-2-3-5(4)7/h2-4H,1H3. The van der Waals surface area contributed by atoms with Crippen LogP contribution in [0.3, 0.4) is 0 Å². The fourth-order valence-electron chi connectivity index (χ4n) is 0.583. The van der Waals surface area contributed by atoms with Gasteiger partial charge in [-0.1, -0.05) is 17.7 Å². The van der Waals surface area contributed by atoms with Gasteiger partial charge < -0.3 is 4.74 Å². The molecule has 1 atom stereocenters. The molecule has 2 nitrogen and oxygen atoms in total. The van der Waals surface area contributed by atoms with Crippen LogP contribution in [-0.4, -0.2) is 13.1 Å². The van der Waals surface area contributed by atoms with Crippen LogP contribution in [0, 0.1) is 12.3 Å². The predicted molar refractivity (Wildman–Crippen MR) is 33.7 cm³/mol. The summed E-state index contributed by atoms with van der Waals surface area (Å²) in [5, 5.41) is 0.557. The molecule has 0 aromatic rings. The first-order chi connectivity index (χ1) is 4.25. The third-order valence-corrected chi connectivity index (χ3v) is 1.56. The third-order valence-electron chi connectivity index (χ3n) is 1.20. The van der Waals surface area contributed by atoms with E-state index >= 15 is 0 Å². The molecule has 0 amide bonds.